The molecule has 0 saturated heterocycles. The second kappa shape index (κ2) is 5.93. The minimum Gasteiger partial charge on any atom is -0.496 e. The van der Waals surface area contributed by atoms with Crippen molar-refractivity contribution in [2.75, 3.05) is 18.2 Å². The minimum absolute atomic E-state index is 0.290. The molecule has 19 heavy (non-hydrogen) atoms. The van der Waals surface area contributed by atoms with Gasteiger partial charge in [0.15, 0.2) is 0 Å². The molecule has 0 aliphatic rings. The zero-order chi connectivity index (χ0) is 13.8. The highest BCUT2D eigenvalue weighted by Crippen LogP contribution is 2.25. The van der Waals surface area contributed by atoms with Gasteiger partial charge < -0.3 is 15.8 Å². The third-order valence-corrected chi connectivity index (χ3v) is 3.22. The van der Waals surface area contributed by atoms with Crippen LogP contribution in [0.2, 0.25) is 0 Å². The average Bonchev–Trinajstić information content (AvgIpc) is 2.38. The van der Waals surface area contributed by atoms with Gasteiger partial charge in [-0.1, -0.05) is 15.9 Å². The highest BCUT2D eigenvalue weighted by molar-refractivity contribution is 9.10. The van der Waals surface area contributed by atoms with E-state index in [1.807, 2.05) is 18.2 Å². The second-order valence-corrected chi connectivity index (χ2v) is 4.96. The number of benzene rings is 2. The van der Waals surface area contributed by atoms with E-state index in [-0.39, 0.29) is 5.82 Å². The SMILES string of the molecule is COc1ccc(F)cc1CNc1ccc(Br)cc1N. The quantitative estimate of drug-likeness (QED) is 0.841. The van der Waals surface area contributed by atoms with Crippen LogP contribution < -0.4 is 15.8 Å². The highest BCUT2D eigenvalue weighted by Gasteiger charge is 2.06. The first-order valence-electron chi connectivity index (χ1n) is 5.71. The Bertz CT molecular complexity index is 590. The minimum atomic E-state index is -0.290. The van der Waals surface area contributed by atoms with Crippen LogP contribution >= 0.6 is 15.9 Å². The smallest absolute Gasteiger partial charge is 0.124 e. The zero-order valence-corrected chi connectivity index (χ0v) is 12.0. The van der Waals surface area contributed by atoms with Crippen LogP contribution in [0.25, 0.3) is 0 Å². The average molecular weight is 325 g/mol. The molecule has 0 saturated carbocycles. The van der Waals surface area contributed by atoms with Crippen LogP contribution in [0.4, 0.5) is 15.8 Å². The first-order chi connectivity index (χ1) is 9.10. The molecule has 0 fully saturated rings. The number of hydrogen-bond donors (Lipinski definition) is 2. The third-order valence-electron chi connectivity index (χ3n) is 2.73. The van der Waals surface area contributed by atoms with Crippen LogP contribution in [0.3, 0.4) is 0 Å². The Balaban J connectivity index is 2.16. The van der Waals surface area contributed by atoms with E-state index in [4.69, 9.17) is 10.5 Å². The third kappa shape index (κ3) is 3.38. The van der Waals surface area contributed by atoms with Crippen molar-refractivity contribution in [2.45, 2.75) is 6.54 Å². The number of nitrogen functional groups attached to an aromatic ring is 1. The lowest BCUT2D eigenvalue weighted by Gasteiger charge is -2.12. The van der Waals surface area contributed by atoms with Crippen molar-refractivity contribution in [3.63, 3.8) is 0 Å². The lowest BCUT2D eigenvalue weighted by atomic mass is 10.2. The fourth-order valence-electron chi connectivity index (χ4n) is 1.77. The molecule has 0 aromatic heterocycles. The van der Waals surface area contributed by atoms with E-state index in [0.29, 0.717) is 18.0 Å². The predicted molar refractivity (Wildman–Crippen MR) is 78.8 cm³/mol. The highest BCUT2D eigenvalue weighted by atomic mass is 79.9. The maximum absolute atomic E-state index is 13.2. The molecule has 0 amide bonds. The number of rotatable bonds is 4. The number of hydrogen-bond acceptors (Lipinski definition) is 3. The largest absolute Gasteiger partial charge is 0.496 e. The number of methoxy groups -OCH3 is 1. The zero-order valence-electron chi connectivity index (χ0n) is 10.4. The van der Waals surface area contributed by atoms with E-state index in [9.17, 15) is 4.39 Å². The summed E-state index contributed by atoms with van der Waals surface area (Å²) in [7, 11) is 1.56. The lowest BCUT2D eigenvalue weighted by molar-refractivity contribution is 0.409. The van der Waals surface area contributed by atoms with Gasteiger partial charge >= 0.3 is 0 Å². The molecule has 0 atom stereocenters. The normalized spacial score (nSPS) is 10.3. The van der Waals surface area contributed by atoms with Gasteiger partial charge in [-0.3, -0.25) is 0 Å². The van der Waals surface area contributed by atoms with Crippen molar-refractivity contribution in [3.05, 3.63) is 52.3 Å². The van der Waals surface area contributed by atoms with E-state index >= 15 is 0 Å². The molecule has 3 N–H and O–H groups in total. The summed E-state index contributed by atoms with van der Waals surface area (Å²) in [5.41, 5.74) is 8.06. The number of nitrogens with two attached hydrogens (primary N) is 1. The molecule has 2 aromatic rings. The molecular formula is C14H14BrFN2O. The Hall–Kier alpha value is -1.75. The maximum Gasteiger partial charge on any atom is 0.124 e. The molecule has 2 aromatic carbocycles. The van der Waals surface area contributed by atoms with E-state index < -0.39 is 0 Å². The molecule has 0 heterocycles. The standard InChI is InChI=1S/C14H14BrFN2O/c1-19-14-5-3-11(16)6-9(14)8-18-13-4-2-10(15)7-12(13)17/h2-7,18H,8,17H2,1H3. The Morgan fingerprint density at radius 2 is 2.05 bits per heavy atom. The summed E-state index contributed by atoms with van der Waals surface area (Å²) >= 11 is 3.35. The molecule has 0 bridgehead atoms. The van der Waals surface area contributed by atoms with Crippen LogP contribution in [0.1, 0.15) is 5.56 Å². The van der Waals surface area contributed by atoms with Crippen LogP contribution in [-0.4, -0.2) is 7.11 Å². The number of halogens is 2. The monoisotopic (exact) mass is 324 g/mol. The summed E-state index contributed by atoms with van der Waals surface area (Å²) in [6.45, 7) is 0.437. The summed E-state index contributed by atoms with van der Waals surface area (Å²) in [5, 5.41) is 3.17. The van der Waals surface area contributed by atoms with Crippen molar-refractivity contribution < 1.29 is 9.13 Å². The number of nitrogens with one attached hydrogen (secondary N) is 1. The number of anilines is 2. The van der Waals surface area contributed by atoms with Crippen LogP contribution in [0.5, 0.6) is 5.75 Å². The van der Waals surface area contributed by atoms with Crippen LogP contribution in [0.15, 0.2) is 40.9 Å². The first-order valence-corrected chi connectivity index (χ1v) is 6.51. The van der Waals surface area contributed by atoms with E-state index in [1.54, 1.807) is 13.2 Å². The molecule has 0 aliphatic carbocycles. The van der Waals surface area contributed by atoms with Gasteiger partial charge in [0.25, 0.3) is 0 Å². The Labute approximate surface area is 119 Å². The molecule has 3 nitrogen and oxygen atoms in total. The number of ether oxygens (including phenoxy) is 1. The fourth-order valence-corrected chi connectivity index (χ4v) is 2.15. The van der Waals surface area contributed by atoms with E-state index in [0.717, 1.165) is 15.7 Å². The topological polar surface area (TPSA) is 47.3 Å². The fraction of sp³-hybridized carbons (Fsp3) is 0.143. The van der Waals surface area contributed by atoms with Gasteiger partial charge in [-0.05, 0) is 36.4 Å². The molecule has 0 unspecified atom stereocenters. The van der Waals surface area contributed by atoms with Gasteiger partial charge in [-0.2, -0.15) is 0 Å². The summed E-state index contributed by atoms with van der Waals surface area (Å²) in [4.78, 5) is 0. The molecular weight excluding hydrogens is 311 g/mol. The van der Waals surface area contributed by atoms with Gasteiger partial charge in [-0.25, -0.2) is 4.39 Å². The summed E-state index contributed by atoms with van der Waals surface area (Å²) in [5.74, 6) is 0.353. The molecule has 0 aliphatic heterocycles. The van der Waals surface area contributed by atoms with Crippen molar-refractivity contribution in [1.29, 1.82) is 0 Å². The molecule has 0 radical (unpaired) electrons. The molecule has 2 rings (SSSR count). The van der Waals surface area contributed by atoms with Crippen LogP contribution in [-0.2, 0) is 6.54 Å². The van der Waals surface area contributed by atoms with Crippen molar-refractivity contribution in [1.82, 2.24) is 0 Å². The second-order valence-electron chi connectivity index (χ2n) is 4.04. The molecule has 100 valence electrons. The maximum atomic E-state index is 13.2. The van der Waals surface area contributed by atoms with Gasteiger partial charge in [-0.15, -0.1) is 0 Å². The van der Waals surface area contributed by atoms with Gasteiger partial charge in [0, 0.05) is 16.6 Å². The van der Waals surface area contributed by atoms with Gasteiger partial charge in [0.05, 0.1) is 18.5 Å². The van der Waals surface area contributed by atoms with Crippen molar-refractivity contribution >= 4 is 27.3 Å². The molecule has 0 spiro atoms. The summed E-state index contributed by atoms with van der Waals surface area (Å²) in [6.07, 6.45) is 0. The lowest BCUT2D eigenvalue weighted by Crippen LogP contribution is -2.04. The van der Waals surface area contributed by atoms with E-state index in [2.05, 4.69) is 21.2 Å². The van der Waals surface area contributed by atoms with Crippen molar-refractivity contribution in [2.24, 2.45) is 0 Å². The van der Waals surface area contributed by atoms with Crippen LogP contribution in [0, 0.1) is 5.82 Å². The predicted octanol–water partition coefficient (Wildman–Crippen LogP) is 3.79. The molecule has 5 heteroatoms. The first kappa shape index (κ1) is 13.7. The summed E-state index contributed by atoms with van der Waals surface area (Å²) < 4.78 is 19.3. The van der Waals surface area contributed by atoms with E-state index in [1.165, 1.54) is 12.1 Å². The van der Waals surface area contributed by atoms with Crippen molar-refractivity contribution in [3.8, 4) is 5.75 Å². The van der Waals surface area contributed by atoms with Gasteiger partial charge in [0.2, 0.25) is 0 Å². The Kier molecular flexibility index (Phi) is 4.27. The van der Waals surface area contributed by atoms with Gasteiger partial charge in [0.1, 0.15) is 11.6 Å². The summed E-state index contributed by atoms with van der Waals surface area (Å²) in [6, 6.07) is 9.99. The Morgan fingerprint density at radius 1 is 1.26 bits per heavy atom. The Morgan fingerprint density at radius 3 is 2.74 bits per heavy atom.